The van der Waals surface area contributed by atoms with Crippen molar-refractivity contribution in [3.63, 3.8) is 0 Å². The van der Waals surface area contributed by atoms with Crippen molar-refractivity contribution in [3.05, 3.63) is 23.4 Å². The fourth-order valence-electron chi connectivity index (χ4n) is 1.89. The number of hydrogen-bond donors (Lipinski definition) is 1. The molecule has 0 amide bonds. The molecule has 14 heavy (non-hydrogen) atoms. The minimum absolute atomic E-state index is 0.549. The zero-order valence-corrected chi connectivity index (χ0v) is 8.42. The monoisotopic (exact) mass is 191 g/mol. The molecule has 0 saturated carbocycles. The first kappa shape index (κ1) is 9.46. The molecule has 3 heteroatoms. The number of pyridine rings is 1. The molecule has 1 aliphatic heterocycles. The summed E-state index contributed by atoms with van der Waals surface area (Å²) in [5.74, 6) is 1.15. The van der Waals surface area contributed by atoms with Crippen LogP contribution in [0.4, 0.5) is 5.82 Å². The first-order valence-corrected chi connectivity index (χ1v) is 5.00. The van der Waals surface area contributed by atoms with Gasteiger partial charge < -0.3 is 10.5 Å². The van der Waals surface area contributed by atoms with E-state index < -0.39 is 0 Å². The van der Waals surface area contributed by atoms with Gasteiger partial charge in [0, 0.05) is 25.0 Å². The quantitative estimate of drug-likeness (QED) is 0.734. The molecule has 0 bridgehead atoms. The molecule has 2 heterocycles. The lowest BCUT2D eigenvalue weighted by Crippen LogP contribution is -2.14. The van der Waals surface area contributed by atoms with Crippen molar-refractivity contribution < 1.29 is 4.74 Å². The first-order valence-electron chi connectivity index (χ1n) is 5.00. The summed E-state index contributed by atoms with van der Waals surface area (Å²) in [5, 5.41) is 0. The van der Waals surface area contributed by atoms with Crippen LogP contribution in [0.15, 0.2) is 6.07 Å². The van der Waals surface area contributed by atoms with Gasteiger partial charge >= 0.3 is 0 Å². The molecule has 1 aromatic heterocycles. The van der Waals surface area contributed by atoms with E-state index in [0.717, 1.165) is 31.7 Å². The van der Waals surface area contributed by atoms with E-state index in [9.17, 15) is 0 Å². The van der Waals surface area contributed by atoms with Gasteiger partial charge in [0.25, 0.3) is 0 Å². The molecular formula is C11H15N2O. The Morgan fingerprint density at radius 3 is 2.86 bits per heavy atom. The maximum Gasteiger partial charge on any atom is 0.123 e. The van der Waals surface area contributed by atoms with Crippen LogP contribution in [-0.4, -0.2) is 18.2 Å². The molecule has 0 unspecified atom stereocenters. The largest absolute Gasteiger partial charge is 0.384 e. The van der Waals surface area contributed by atoms with Gasteiger partial charge in [0.1, 0.15) is 5.82 Å². The summed E-state index contributed by atoms with van der Waals surface area (Å²) in [6, 6.07) is 5.20. The summed E-state index contributed by atoms with van der Waals surface area (Å²) in [5.41, 5.74) is 7.78. The maximum absolute atomic E-state index is 5.70. The lowest BCUT2D eigenvalue weighted by Gasteiger charge is -2.22. The molecule has 1 aromatic rings. The van der Waals surface area contributed by atoms with Gasteiger partial charge in [-0.15, -0.1) is 0 Å². The lowest BCUT2D eigenvalue weighted by molar-refractivity contribution is 0.0852. The fourth-order valence-corrected chi connectivity index (χ4v) is 1.89. The van der Waals surface area contributed by atoms with Gasteiger partial charge in [-0.1, -0.05) is 0 Å². The van der Waals surface area contributed by atoms with E-state index in [1.54, 1.807) is 0 Å². The smallest absolute Gasteiger partial charge is 0.123 e. The highest BCUT2D eigenvalue weighted by Crippen LogP contribution is 2.27. The molecule has 2 N–H and O–H groups in total. The number of aromatic nitrogens is 1. The lowest BCUT2D eigenvalue weighted by atomic mass is 9.92. The maximum atomic E-state index is 5.70. The van der Waals surface area contributed by atoms with Crippen molar-refractivity contribution >= 4 is 5.82 Å². The second-order valence-corrected chi connectivity index (χ2v) is 3.73. The molecule has 2 rings (SSSR count). The number of nitrogens with two attached hydrogens (primary N) is 1. The average Bonchev–Trinajstić information content (AvgIpc) is 2.18. The van der Waals surface area contributed by atoms with Gasteiger partial charge in [-0.3, -0.25) is 0 Å². The molecule has 0 atom stereocenters. The van der Waals surface area contributed by atoms with E-state index in [1.165, 1.54) is 5.56 Å². The van der Waals surface area contributed by atoms with Crippen LogP contribution in [-0.2, 0) is 4.74 Å². The molecular weight excluding hydrogens is 176 g/mol. The van der Waals surface area contributed by atoms with Crippen molar-refractivity contribution in [2.75, 3.05) is 18.9 Å². The van der Waals surface area contributed by atoms with Crippen LogP contribution >= 0.6 is 0 Å². The van der Waals surface area contributed by atoms with Crippen LogP contribution in [0.5, 0.6) is 0 Å². The summed E-state index contributed by atoms with van der Waals surface area (Å²) in [7, 11) is 0. The highest BCUT2D eigenvalue weighted by molar-refractivity contribution is 5.35. The van der Waals surface area contributed by atoms with E-state index in [1.807, 2.05) is 13.0 Å². The van der Waals surface area contributed by atoms with Gasteiger partial charge in [-0.05, 0) is 37.3 Å². The van der Waals surface area contributed by atoms with E-state index in [-0.39, 0.29) is 0 Å². The summed E-state index contributed by atoms with van der Waals surface area (Å²) >= 11 is 0. The molecule has 3 nitrogen and oxygen atoms in total. The Labute approximate surface area is 84.3 Å². The van der Waals surface area contributed by atoms with Crippen molar-refractivity contribution in [2.24, 2.45) is 0 Å². The third kappa shape index (κ3) is 2.04. The van der Waals surface area contributed by atoms with Gasteiger partial charge in [0.15, 0.2) is 0 Å². The summed E-state index contributed by atoms with van der Waals surface area (Å²) in [6.45, 7) is 3.62. The molecule has 1 saturated heterocycles. The Morgan fingerprint density at radius 2 is 2.21 bits per heavy atom. The van der Waals surface area contributed by atoms with Crippen molar-refractivity contribution in [1.29, 1.82) is 0 Å². The zero-order valence-electron chi connectivity index (χ0n) is 8.42. The van der Waals surface area contributed by atoms with Gasteiger partial charge in [0.05, 0.1) is 0 Å². The molecule has 1 radical (unpaired) electrons. The Balaban J connectivity index is 2.21. The predicted octanol–water partition coefficient (Wildman–Crippen LogP) is 1.67. The second-order valence-electron chi connectivity index (χ2n) is 3.73. The third-order valence-electron chi connectivity index (χ3n) is 2.59. The Kier molecular flexibility index (Phi) is 2.68. The standard InChI is InChI=1S/C11H15N2O/c1-8-6-10(7-11(12)13-8)9-2-4-14-5-3-9/h7,9H,2-5H2,1H3,(H2,12,13). The van der Waals surface area contributed by atoms with Gasteiger partial charge in [-0.2, -0.15) is 0 Å². The predicted molar refractivity (Wildman–Crippen MR) is 55.0 cm³/mol. The third-order valence-corrected chi connectivity index (χ3v) is 2.59. The van der Waals surface area contributed by atoms with Crippen LogP contribution in [0.2, 0.25) is 0 Å². The van der Waals surface area contributed by atoms with E-state index >= 15 is 0 Å². The number of anilines is 1. The number of nitrogen functional groups attached to an aromatic ring is 1. The van der Waals surface area contributed by atoms with Gasteiger partial charge in [-0.25, -0.2) is 4.98 Å². The highest BCUT2D eigenvalue weighted by Gasteiger charge is 2.16. The average molecular weight is 191 g/mol. The Morgan fingerprint density at radius 1 is 1.50 bits per heavy atom. The first-order chi connectivity index (χ1) is 6.75. The minimum atomic E-state index is 0.549. The molecule has 0 aliphatic carbocycles. The normalized spacial score (nSPS) is 18.4. The van der Waals surface area contributed by atoms with Crippen molar-refractivity contribution in [1.82, 2.24) is 4.98 Å². The number of nitrogens with zero attached hydrogens (tertiary/aromatic N) is 1. The number of rotatable bonds is 1. The van der Waals surface area contributed by atoms with Crippen LogP contribution in [0.3, 0.4) is 0 Å². The topological polar surface area (TPSA) is 48.1 Å². The van der Waals surface area contributed by atoms with Crippen molar-refractivity contribution in [2.45, 2.75) is 25.7 Å². The molecule has 1 fully saturated rings. The summed E-state index contributed by atoms with van der Waals surface area (Å²) < 4.78 is 5.32. The number of aryl methyl sites for hydroxylation is 1. The Bertz CT molecular complexity index is 299. The van der Waals surface area contributed by atoms with Gasteiger partial charge in [0.2, 0.25) is 0 Å². The highest BCUT2D eigenvalue weighted by atomic mass is 16.5. The summed E-state index contributed by atoms with van der Waals surface area (Å²) in [4.78, 5) is 4.12. The van der Waals surface area contributed by atoms with E-state index in [4.69, 9.17) is 10.5 Å². The van der Waals surface area contributed by atoms with Crippen LogP contribution < -0.4 is 5.73 Å². The SMILES string of the molecule is Cc1[c]c(C2CCOCC2)cc(N)n1. The van der Waals surface area contributed by atoms with Crippen LogP contribution in [0.1, 0.15) is 30.0 Å². The molecule has 1 aliphatic rings. The summed E-state index contributed by atoms with van der Waals surface area (Å²) in [6.07, 6.45) is 2.14. The minimum Gasteiger partial charge on any atom is -0.384 e. The van der Waals surface area contributed by atoms with Crippen molar-refractivity contribution in [3.8, 4) is 0 Å². The van der Waals surface area contributed by atoms with E-state index in [2.05, 4.69) is 11.1 Å². The molecule has 75 valence electrons. The Hall–Kier alpha value is -1.09. The van der Waals surface area contributed by atoms with E-state index in [0.29, 0.717) is 11.7 Å². The molecule has 0 spiro atoms. The van der Waals surface area contributed by atoms with Crippen LogP contribution in [0, 0.1) is 13.0 Å². The zero-order chi connectivity index (χ0) is 9.97. The fraction of sp³-hybridized carbons (Fsp3) is 0.545. The number of ether oxygens (including phenoxy) is 1. The number of hydrogen-bond acceptors (Lipinski definition) is 3. The van der Waals surface area contributed by atoms with Crippen LogP contribution in [0.25, 0.3) is 0 Å². The molecule has 0 aromatic carbocycles. The second kappa shape index (κ2) is 3.96.